The average Bonchev–Trinajstić information content (AvgIpc) is 2.46. The highest BCUT2D eigenvalue weighted by Crippen LogP contribution is 2.34. The van der Waals surface area contributed by atoms with Gasteiger partial charge in [-0.1, -0.05) is 25.1 Å². The van der Waals surface area contributed by atoms with Crippen molar-refractivity contribution in [2.75, 3.05) is 11.4 Å². The molecule has 1 aliphatic rings. The fourth-order valence-electron chi connectivity index (χ4n) is 2.87. The number of hydrogen-bond acceptors (Lipinski definition) is 3. The number of anilines is 2. The van der Waals surface area contributed by atoms with Crippen LogP contribution < -0.4 is 10.6 Å². The maximum absolute atomic E-state index is 5.86. The number of hydrogen-bond donors (Lipinski definition) is 1. The van der Waals surface area contributed by atoms with Crippen LogP contribution in [0.25, 0.3) is 0 Å². The molecular weight excluding hydrogens is 246 g/mol. The summed E-state index contributed by atoms with van der Waals surface area (Å²) < 4.78 is 0. The van der Waals surface area contributed by atoms with E-state index >= 15 is 0 Å². The molecule has 2 atom stereocenters. The first-order valence-electron chi connectivity index (χ1n) is 7.22. The molecule has 0 saturated carbocycles. The van der Waals surface area contributed by atoms with Gasteiger partial charge in [-0.3, -0.25) is 4.98 Å². The van der Waals surface area contributed by atoms with Crippen molar-refractivity contribution >= 4 is 11.4 Å². The van der Waals surface area contributed by atoms with E-state index in [-0.39, 0.29) is 6.04 Å². The SMILES string of the molecule is CC1Cc2ccccc2N(c2ccc(C(C)N)nc2)C1. The summed E-state index contributed by atoms with van der Waals surface area (Å²) >= 11 is 0. The van der Waals surface area contributed by atoms with Gasteiger partial charge in [-0.05, 0) is 43.0 Å². The summed E-state index contributed by atoms with van der Waals surface area (Å²) in [6, 6.07) is 12.8. The quantitative estimate of drug-likeness (QED) is 0.906. The van der Waals surface area contributed by atoms with Crippen molar-refractivity contribution in [2.24, 2.45) is 11.7 Å². The summed E-state index contributed by atoms with van der Waals surface area (Å²) in [4.78, 5) is 6.85. The number of rotatable bonds is 2. The molecule has 0 fully saturated rings. The molecule has 0 aliphatic carbocycles. The minimum absolute atomic E-state index is 0.0170. The lowest BCUT2D eigenvalue weighted by atomic mass is 9.93. The molecule has 2 heterocycles. The van der Waals surface area contributed by atoms with E-state index in [1.165, 1.54) is 11.3 Å². The van der Waals surface area contributed by atoms with Crippen LogP contribution in [-0.4, -0.2) is 11.5 Å². The van der Waals surface area contributed by atoms with Crippen molar-refractivity contribution in [3.8, 4) is 0 Å². The first-order chi connectivity index (χ1) is 9.65. The van der Waals surface area contributed by atoms with Crippen LogP contribution in [-0.2, 0) is 6.42 Å². The Bertz CT molecular complexity index is 589. The van der Waals surface area contributed by atoms with Crippen LogP contribution >= 0.6 is 0 Å². The Morgan fingerprint density at radius 2 is 2.05 bits per heavy atom. The van der Waals surface area contributed by atoms with Gasteiger partial charge in [-0.2, -0.15) is 0 Å². The molecule has 1 aliphatic heterocycles. The Balaban J connectivity index is 1.97. The van der Waals surface area contributed by atoms with E-state index in [0.717, 1.165) is 24.3 Å². The standard InChI is InChI=1S/C17H21N3/c1-12-9-14-5-3-4-6-17(14)20(11-12)15-7-8-16(13(2)18)19-10-15/h3-8,10,12-13H,9,11,18H2,1-2H3. The first kappa shape index (κ1) is 13.1. The number of pyridine rings is 1. The molecule has 0 spiro atoms. The van der Waals surface area contributed by atoms with Gasteiger partial charge >= 0.3 is 0 Å². The van der Waals surface area contributed by atoms with Gasteiger partial charge in [0.15, 0.2) is 0 Å². The fourth-order valence-corrected chi connectivity index (χ4v) is 2.87. The number of para-hydroxylation sites is 1. The molecule has 0 saturated heterocycles. The molecule has 3 nitrogen and oxygen atoms in total. The third kappa shape index (κ3) is 2.41. The average molecular weight is 267 g/mol. The van der Waals surface area contributed by atoms with E-state index in [0.29, 0.717) is 5.92 Å². The lowest BCUT2D eigenvalue weighted by Crippen LogP contribution is -2.30. The minimum Gasteiger partial charge on any atom is -0.340 e. The second kappa shape index (κ2) is 5.25. The monoisotopic (exact) mass is 267 g/mol. The van der Waals surface area contributed by atoms with Crippen LogP contribution in [0.5, 0.6) is 0 Å². The maximum atomic E-state index is 5.86. The highest BCUT2D eigenvalue weighted by atomic mass is 15.2. The molecule has 1 aromatic heterocycles. The van der Waals surface area contributed by atoms with Gasteiger partial charge in [0.05, 0.1) is 17.6 Å². The molecule has 1 aromatic carbocycles. The molecule has 104 valence electrons. The van der Waals surface area contributed by atoms with Gasteiger partial charge < -0.3 is 10.6 Å². The second-order valence-electron chi connectivity index (χ2n) is 5.78. The zero-order valence-corrected chi connectivity index (χ0v) is 12.1. The molecule has 0 radical (unpaired) electrons. The molecular formula is C17H21N3. The van der Waals surface area contributed by atoms with Crippen molar-refractivity contribution in [1.82, 2.24) is 4.98 Å². The van der Waals surface area contributed by atoms with Crippen LogP contribution in [0.4, 0.5) is 11.4 Å². The normalized spacial score (nSPS) is 19.6. The Morgan fingerprint density at radius 3 is 2.75 bits per heavy atom. The zero-order chi connectivity index (χ0) is 14.1. The number of nitrogens with two attached hydrogens (primary N) is 1. The Kier molecular flexibility index (Phi) is 3.45. The molecule has 0 amide bonds. The van der Waals surface area contributed by atoms with E-state index in [9.17, 15) is 0 Å². The zero-order valence-electron chi connectivity index (χ0n) is 12.1. The number of benzene rings is 1. The molecule has 2 N–H and O–H groups in total. The molecule has 3 rings (SSSR count). The van der Waals surface area contributed by atoms with Crippen molar-refractivity contribution < 1.29 is 0 Å². The van der Waals surface area contributed by atoms with Crippen molar-refractivity contribution in [3.63, 3.8) is 0 Å². The summed E-state index contributed by atoms with van der Waals surface area (Å²) in [5.74, 6) is 0.651. The number of nitrogens with zero attached hydrogens (tertiary/aromatic N) is 2. The van der Waals surface area contributed by atoms with Crippen molar-refractivity contribution in [2.45, 2.75) is 26.3 Å². The van der Waals surface area contributed by atoms with Crippen molar-refractivity contribution in [3.05, 3.63) is 53.9 Å². The summed E-state index contributed by atoms with van der Waals surface area (Å²) in [5, 5.41) is 0. The fraction of sp³-hybridized carbons (Fsp3) is 0.353. The molecule has 2 unspecified atom stereocenters. The topological polar surface area (TPSA) is 42.1 Å². The van der Waals surface area contributed by atoms with Gasteiger partial charge in [0.2, 0.25) is 0 Å². The second-order valence-corrected chi connectivity index (χ2v) is 5.78. The van der Waals surface area contributed by atoms with Crippen LogP contribution in [0.1, 0.15) is 31.1 Å². The predicted molar refractivity (Wildman–Crippen MR) is 83.2 cm³/mol. The minimum atomic E-state index is -0.0170. The van der Waals surface area contributed by atoms with Gasteiger partial charge in [-0.15, -0.1) is 0 Å². The van der Waals surface area contributed by atoms with Gasteiger partial charge in [0.1, 0.15) is 0 Å². The molecule has 3 heteroatoms. The highest BCUT2D eigenvalue weighted by Gasteiger charge is 2.22. The van der Waals surface area contributed by atoms with Gasteiger partial charge in [-0.25, -0.2) is 0 Å². The smallest absolute Gasteiger partial charge is 0.0597 e. The van der Waals surface area contributed by atoms with E-state index in [1.807, 2.05) is 19.2 Å². The third-order valence-corrected chi connectivity index (χ3v) is 3.89. The Labute approximate surface area is 120 Å². The molecule has 0 bridgehead atoms. The van der Waals surface area contributed by atoms with E-state index in [1.54, 1.807) is 0 Å². The summed E-state index contributed by atoms with van der Waals surface area (Å²) in [6.07, 6.45) is 3.09. The first-order valence-corrected chi connectivity index (χ1v) is 7.22. The van der Waals surface area contributed by atoms with Gasteiger partial charge in [0.25, 0.3) is 0 Å². The Morgan fingerprint density at radius 1 is 1.25 bits per heavy atom. The summed E-state index contributed by atoms with van der Waals surface area (Å²) in [6.45, 7) is 5.29. The number of aromatic nitrogens is 1. The van der Waals surface area contributed by atoms with Crippen LogP contribution in [0.3, 0.4) is 0 Å². The third-order valence-electron chi connectivity index (χ3n) is 3.89. The largest absolute Gasteiger partial charge is 0.340 e. The lowest BCUT2D eigenvalue weighted by molar-refractivity contribution is 0.562. The van der Waals surface area contributed by atoms with Crippen LogP contribution in [0, 0.1) is 5.92 Å². The molecule has 2 aromatic rings. The highest BCUT2D eigenvalue weighted by molar-refractivity contribution is 5.67. The maximum Gasteiger partial charge on any atom is 0.0597 e. The summed E-state index contributed by atoms with van der Waals surface area (Å²) in [7, 11) is 0. The van der Waals surface area contributed by atoms with Gasteiger partial charge in [0, 0.05) is 18.3 Å². The van der Waals surface area contributed by atoms with E-state index in [4.69, 9.17) is 5.73 Å². The predicted octanol–water partition coefficient (Wildman–Crippen LogP) is 3.43. The lowest BCUT2D eigenvalue weighted by Gasteiger charge is -2.34. The van der Waals surface area contributed by atoms with Crippen LogP contribution in [0.15, 0.2) is 42.6 Å². The Hall–Kier alpha value is -1.87. The molecule has 20 heavy (non-hydrogen) atoms. The summed E-state index contributed by atoms with van der Waals surface area (Å²) in [5.41, 5.74) is 10.7. The number of fused-ring (bicyclic) bond motifs is 1. The van der Waals surface area contributed by atoms with Crippen molar-refractivity contribution in [1.29, 1.82) is 0 Å². The van der Waals surface area contributed by atoms with E-state index < -0.39 is 0 Å². The van der Waals surface area contributed by atoms with Crippen LogP contribution in [0.2, 0.25) is 0 Å². The van der Waals surface area contributed by atoms with E-state index in [2.05, 4.69) is 47.1 Å².